The first-order valence-corrected chi connectivity index (χ1v) is 10.9. The number of aryl methyl sites for hydroxylation is 3. The van der Waals surface area contributed by atoms with E-state index in [0.29, 0.717) is 16.2 Å². The first-order valence-electron chi connectivity index (χ1n) is 9.90. The third-order valence-electron chi connectivity index (χ3n) is 5.14. The lowest BCUT2D eigenvalue weighted by Gasteiger charge is -2.16. The molecule has 2 amide bonds. The van der Waals surface area contributed by atoms with E-state index in [-0.39, 0.29) is 11.8 Å². The summed E-state index contributed by atoms with van der Waals surface area (Å²) in [4.78, 5) is 28.3. The number of carbonyl (C=O) groups excluding carboxylic acids is 2. The highest BCUT2D eigenvalue weighted by molar-refractivity contribution is 8.04. The summed E-state index contributed by atoms with van der Waals surface area (Å²) in [7, 11) is 0. The van der Waals surface area contributed by atoms with Gasteiger partial charge in [-0.05, 0) is 66.8 Å². The molecule has 146 valence electrons. The predicted molar refractivity (Wildman–Crippen MR) is 119 cm³/mol. The molecule has 3 rings (SSSR count). The van der Waals surface area contributed by atoms with Crippen LogP contribution in [0.1, 0.15) is 48.9 Å². The zero-order valence-corrected chi connectivity index (χ0v) is 17.9. The number of imide groups is 1. The van der Waals surface area contributed by atoms with Crippen LogP contribution < -0.4 is 4.90 Å². The van der Waals surface area contributed by atoms with Gasteiger partial charge in [0.25, 0.3) is 11.8 Å². The molecule has 0 N–H and O–H groups in total. The second kappa shape index (κ2) is 8.78. The summed E-state index contributed by atoms with van der Waals surface area (Å²) in [5, 5.41) is 0. The first-order chi connectivity index (χ1) is 13.5. The first kappa shape index (κ1) is 20.4. The summed E-state index contributed by atoms with van der Waals surface area (Å²) in [6.45, 7) is 8.24. The van der Waals surface area contributed by atoms with E-state index in [2.05, 4.69) is 6.92 Å². The molecule has 2 aromatic rings. The molecule has 0 saturated carbocycles. The standard InChI is InChI=1S/C24H27NO2S/c1-5-7-8-18-10-13-20(14-11-18)25-23(26)21(22(24(25)27)28-6-2)19-12-9-16(3)17(4)15-19/h9-15H,5-8H2,1-4H3. The van der Waals surface area contributed by atoms with Gasteiger partial charge in [-0.3, -0.25) is 9.59 Å². The molecule has 0 saturated heterocycles. The average molecular weight is 394 g/mol. The number of amides is 2. The number of rotatable bonds is 7. The average Bonchev–Trinajstić information content (AvgIpc) is 2.93. The number of benzene rings is 2. The molecule has 4 heteroatoms. The van der Waals surface area contributed by atoms with Crippen LogP contribution in [0.3, 0.4) is 0 Å². The molecule has 28 heavy (non-hydrogen) atoms. The molecule has 1 heterocycles. The van der Waals surface area contributed by atoms with Gasteiger partial charge in [0.1, 0.15) is 0 Å². The van der Waals surface area contributed by atoms with E-state index >= 15 is 0 Å². The Morgan fingerprint density at radius 2 is 1.61 bits per heavy atom. The Kier molecular flexibility index (Phi) is 6.40. The van der Waals surface area contributed by atoms with Gasteiger partial charge in [0.15, 0.2) is 0 Å². The number of thioether (sulfide) groups is 1. The van der Waals surface area contributed by atoms with Crippen LogP contribution in [0, 0.1) is 13.8 Å². The Morgan fingerprint density at radius 1 is 0.893 bits per heavy atom. The van der Waals surface area contributed by atoms with Crippen molar-refractivity contribution in [2.24, 2.45) is 0 Å². The Hall–Kier alpha value is -2.33. The third kappa shape index (κ3) is 3.93. The number of hydrogen-bond donors (Lipinski definition) is 0. The highest BCUT2D eigenvalue weighted by Gasteiger charge is 2.40. The zero-order chi connectivity index (χ0) is 20.3. The second-order valence-electron chi connectivity index (χ2n) is 7.15. The summed E-state index contributed by atoms with van der Waals surface area (Å²) in [6, 6.07) is 13.8. The van der Waals surface area contributed by atoms with Gasteiger partial charge in [0, 0.05) is 0 Å². The highest BCUT2D eigenvalue weighted by Crippen LogP contribution is 2.38. The molecule has 0 bridgehead atoms. The smallest absolute Gasteiger partial charge is 0.268 e. The Bertz CT molecular complexity index is 928. The van der Waals surface area contributed by atoms with Crippen LogP contribution in [-0.4, -0.2) is 17.6 Å². The number of carbonyl (C=O) groups is 2. The summed E-state index contributed by atoms with van der Waals surface area (Å²) in [5.74, 6) is 0.295. The molecule has 2 aromatic carbocycles. The molecule has 0 spiro atoms. The largest absolute Gasteiger partial charge is 0.272 e. The lowest BCUT2D eigenvalue weighted by molar-refractivity contribution is -0.119. The van der Waals surface area contributed by atoms with Crippen LogP contribution in [-0.2, 0) is 16.0 Å². The zero-order valence-electron chi connectivity index (χ0n) is 17.0. The molecule has 0 fully saturated rings. The third-order valence-corrected chi connectivity index (χ3v) is 6.10. The molecular formula is C24H27NO2S. The number of unbranched alkanes of at least 4 members (excludes halogenated alkanes) is 1. The maximum absolute atomic E-state index is 13.3. The summed E-state index contributed by atoms with van der Waals surface area (Å²) >= 11 is 1.44. The molecule has 0 atom stereocenters. The number of anilines is 1. The lowest BCUT2D eigenvalue weighted by atomic mass is 10.0. The van der Waals surface area contributed by atoms with Crippen LogP contribution in [0.2, 0.25) is 0 Å². The fraction of sp³-hybridized carbons (Fsp3) is 0.333. The van der Waals surface area contributed by atoms with Crippen molar-refractivity contribution in [3.05, 3.63) is 69.6 Å². The molecule has 0 aliphatic carbocycles. The van der Waals surface area contributed by atoms with Gasteiger partial charge in [-0.15, -0.1) is 11.8 Å². The molecule has 1 aliphatic heterocycles. The van der Waals surface area contributed by atoms with Gasteiger partial charge in [0.2, 0.25) is 0 Å². The van der Waals surface area contributed by atoms with E-state index in [1.807, 2.05) is 63.2 Å². The van der Waals surface area contributed by atoms with E-state index in [0.717, 1.165) is 36.1 Å². The monoisotopic (exact) mass is 393 g/mol. The van der Waals surface area contributed by atoms with Crippen molar-refractivity contribution < 1.29 is 9.59 Å². The molecule has 0 aromatic heterocycles. The van der Waals surface area contributed by atoms with Crippen LogP contribution in [0.4, 0.5) is 5.69 Å². The van der Waals surface area contributed by atoms with E-state index in [1.165, 1.54) is 27.8 Å². The van der Waals surface area contributed by atoms with Gasteiger partial charge in [-0.2, -0.15) is 0 Å². The number of hydrogen-bond acceptors (Lipinski definition) is 3. The van der Waals surface area contributed by atoms with Crippen molar-refractivity contribution in [3.8, 4) is 0 Å². The van der Waals surface area contributed by atoms with Crippen molar-refractivity contribution in [1.29, 1.82) is 0 Å². The van der Waals surface area contributed by atoms with E-state index in [9.17, 15) is 9.59 Å². The van der Waals surface area contributed by atoms with Crippen LogP contribution in [0.5, 0.6) is 0 Å². The summed E-state index contributed by atoms with van der Waals surface area (Å²) in [6.07, 6.45) is 3.30. The summed E-state index contributed by atoms with van der Waals surface area (Å²) < 4.78 is 0. The molecule has 1 aliphatic rings. The summed E-state index contributed by atoms with van der Waals surface area (Å²) in [5.41, 5.74) is 5.50. The fourth-order valence-corrected chi connectivity index (χ4v) is 4.22. The van der Waals surface area contributed by atoms with Crippen molar-refractivity contribution >= 4 is 34.8 Å². The van der Waals surface area contributed by atoms with Crippen LogP contribution in [0.15, 0.2) is 47.4 Å². The van der Waals surface area contributed by atoms with Gasteiger partial charge >= 0.3 is 0 Å². The highest BCUT2D eigenvalue weighted by atomic mass is 32.2. The number of nitrogens with zero attached hydrogens (tertiary/aromatic N) is 1. The lowest BCUT2D eigenvalue weighted by Crippen LogP contribution is -2.31. The minimum atomic E-state index is -0.231. The quantitative estimate of drug-likeness (QED) is 0.568. The maximum atomic E-state index is 13.3. The van der Waals surface area contributed by atoms with Crippen molar-refractivity contribution in [1.82, 2.24) is 0 Å². The van der Waals surface area contributed by atoms with E-state index < -0.39 is 0 Å². The maximum Gasteiger partial charge on any atom is 0.272 e. The molecule has 0 unspecified atom stereocenters. The minimum absolute atomic E-state index is 0.216. The Morgan fingerprint density at radius 3 is 2.21 bits per heavy atom. The SMILES string of the molecule is CCCCc1ccc(N2C(=O)C(SCC)=C(c3ccc(C)c(C)c3)C2=O)cc1. The van der Waals surface area contributed by atoms with Crippen molar-refractivity contribution in [2.45, 2.75) is 47.0 Å². The molecular weight excluding hydrogens is 366 g/mol. The predicted octanol–water partition coefficient (Wildman–Crippen LogP) is 5.68. The van der Waals surface area contributed by atoms with Gasteiger partial charge in [0.05, 0.1) is 16.2 Å². The van der Waals surface area contributed by atoms with E-state index in [1.54, 1.807) is 0 Å². The normalized spacial score (nSPS) is 14.4. The Balaban J connectivity index is 1.97. The van der Waals surface area contributed by atoms with Crippen molar-refractivity contribution in [3.63, 3.8) is 0 Å². The molecule has 3 nitrogen and oxygen atoms in total. The topological polar surface area (TPSA) is 37.4 Å². The van der Waals surface area contributed by atoms with Crippen LogP contribution in [0.25, 0.3) is 5.57 Å². The van der Waals surface area contributed by atoms with Gasteiger partial charge < -0.3 is 0 Å². The molecule has 0 radical (unpaired) electrons. The van der Waals surface area contributed by atoms with Gasteiger partial charge in [-0.1, -0.05) is 50.6 Å². The van der Waals surface area contributed by atoms with Crippen molar-refractivity contribution in [2.75, 3.05) is 10.7 Å². The Labute approximate surface area is 171 Å². The van der Waals surface area contributed by atoms with Gasteiger partial charge in [-0.25, -0.2) is 4.90 Å². The second-order valence-corrected chi connectivity index (χ2v) is 8.43. The fourth-order valence-electron chi connectivity index (χ4n) is 3.37. The van der Waals surface area contributed by atoms with E-state index in [4.69, 9.17) is 0 Å². The van der Waals surface area contributed by atoms with Crippen LogP contribution >= 0.6 is 11.8 Å². The minimum Gasteiger partial charge on any atom is -0.268 e.